The lowest BCUT2D eigenvalue weighted by molar-refractivity contribution is -0.117. The molecule has 1 N–H and O–H groups in total. The second kappa shape index (κ2) is 8.08. The monoisotopic (exact) mass is 409 g/mol. The van der Waals surface area contributed by atoms with Crippen LogP contribution in [0.15, 0.2) is 35.8 Å². The van der Waals surface area contributed by atoms with Gasteiger partial charge in [-0.1, -0.05) is 18.2 Å². The number of hydrogen-bond donors (Lipinski definition) is 1. The maximum absolute atomic E-state index is 12.7. The van der Waals surface area contributed by atoms with Gasteiger partial charge >= 0.3 is 0 Å². The molecule has 2 unspecified atom stereocenters. The third-order valence-corrected chi connectivity index (χ3v) is 6.36. The van der Waals surface area contributed by atoms with Crippen molar-refractivity contribution in [2.24, 2.45) is 0 Å². The van der Waals surface area contributed by atoms with Crippen molar-refractivity contribution in [2.75, 3.05) is 29.9 Å². The number of nitrogens with zero attached hydrogens (tertiary/aromatic N) is 4. The zero-order valence-electron chi connectivity index (χ0n) is 17.3. The first-order chi connectivity index (χ1) is 13.9. The van der Waals surface area contributed by atoms with Crippen LogP contribution >= 0.6 is 11.3 Å². The van der Waals surface area contributed by atoms with Crippen molar-refractivity contribution in [3.05, 3.63) is 47.0 Å². The molecule has 0 aliphatic carbocycles. The highest BCUT2D eigenvalue weighted by Gasteiger charge is 2.32. The van der Waals surface area contributed by atoms with Crippen molar-refractivity contribution in [2.45, 2.75) is 39.8 Å². The molecule has 2 aromatic heterocycles. The van der Waals surface area contributed by atoms with Crippen LogP contribution in [0, 0.1) is 13.8 Å². The first kappa shape index (κ1) is 19.8. The number of piperazine rings is 1. The fourth-order valence-electron chi connectivity index (χ4n) is 4.22. The largest absolute Gasteiger partial charge is 0.333 e. The van der Waals surface area contributed by atoms with Crippen LogP contribution in [0.1, 0.15) is 25.0 Å². The highest BCUT2D eigenvalue weighted by Crippen LogP contribution is 2.25. The summed E-state index contributed by atoms with van der Waals surface area (Å²) in [6.07, 6.45) is 1.90. The summed E-state index contributed by atoms with van der Waals surface area (Å²) in [7, 11) is 0. The summed E-state index contributed by atoms with van der Waals surface area (Å²) in [5.41, 5.74) is 3.10. The Morgan fingerprint density at radius 3 is 2.55 bits per heavy atom. The third-order valence-electron chi connectivity index (χ3n) is 5.53. The van der Waals surface area contributed by atoms with Crippen molar-refractivity contribution < 1.29 is 4.79 Å². The molecule has 6 nitrogen and oxygen atoms in total. The fraction of sp³-hybridized carbons (Fsp3) is 0.409. The van der Waals surface area contributed by atoms with Crippen LogP contribution in [0.4, 0.5) is 11.6 Å². The van der Waals surface area contributed by atoms with Crippen LogP contribution in [0.3, 0.4) is 0 Å². The van der Waals surface area contributed by atoms with Gasteiger partial charge in [0.1, 0.15) is 4.83 Å². The maximum atomic E-state index is 12.7. The highest BCUT2D eigenvalue weighted by molar-refractivity contribution is 7.16. The number of aromatic nitrogens is 2. The number of carbonyl (C=O) groups is 1. The summed E-state index contributed by atoms with van der Waals surface area (Å²) in [5.74, 6) is 0.811. The molecule has 1 amide bonds. The van der Waals surface area contributed by atoms with Crippen LogP contribution < -0.4 is 10.2 Å². The van der Waals surface area contributed by atoms with E-state index in [1.165, 1.54) is 0 Å². The molecule has 1 fully saturated rings. The summed E-state index contributed by atoms with van der Waals surface area (Å²) < 4.78 is 0. The number of para-hydroxylation sites is 1. The van der Waals surface area contributed by atoms with Crippen LogP contribution in [-0.2, 0) is 4.79 Å². The van der Waals surface area contributed by atoms with Gasteiger partial charge in [-0.2, -0.15) is 0 Å². The number of thiophene rings is 1. The molecule has 0 radical (unpaired) electrons. The van der Waals surface area contributed by atoms with E-state index in [1.807, 2.05) is 49.7 Å². The zero-order valence-corrected chi connectivity index (χ0v) is 18.2. The van der Waals surface area contributed by atoms with Crippen molar-refractivity contribution >= 4 is 39.1 Å². The van der Waals surface area contributed by atoms with Crippen molar-refractivity contribution in [1.82, 2.24) is 14.9 Å². The molecule has 1 aromatic carbocycles. The molecule has 29 heavy (non-hydrogen) atoms. The van der Waals surface area contributed by atoms with Gasteiger partial charge in [0, 0.05) is 42.4 Å². The average Bonchev–Trinajstić information content (AvgIpc) is 3.12. The van der Waals surface area contributed by atoms with E-state index in [1.54, 1.807) is 11.3 Å². The summed E-state index contributed by atoms with van der Waals surface area (Å²) >= 11 is 1.64. The van der Waals surface area contributed by atoms with Crippen LogP contribution in [0.2, 0.25) is 0 Å². The Labute approximate surface area is 175 Å². The Morgan fingerprint density at radius 1 is 1.17 bits per heavy atom. The van der Waals surface area contributed by atoms with E-state index in [4.69, 9.17) is 4.98 Å². The number of nitrogens with one attached hydrogen (secondary N) is 1. The van der Waals surface area contributed by atoms with E-state index in [9.17, 15) is 4.79 Å². The molecule has 2 atom stereocenters. The summed E-state index contributed by atoms with van der Waals surface area (Å²) in [5, 5.41) is 6.23. The van der Waals surface area contributed by atoms with Crippen molar-refractivity contribution in [3.8, 4) is 0 Å². The van der Waals surface area contributed by atoms with Crippen LogP contribution in [0.5, 0.6) is 0 Å². The molecule has 1 aliphatic rings. The fourth-order valence-corrected chi connectivity index (χ4v) is 4.96. The molecule has 0 spiro atoms. The lowest BCUT2D eigenvalue weighted by Crippen LogP contribution is -2.58. The summed E-state index contributed by atoms with van der Waals surface area (Å²) in [6.45, 7) is 10.4. The minimum Gasteiger partial charge on any atom is -0.333 e. The number of aryl methyl sites for hydroxylation is 2. The predicted molar refractivity (Wildman–Crippen MR) is 120 cm³/mol. The molecular weight excluding hydrogens is 382 g/mol. The smallest absolute Gasteiger partial charge is 0.238 e. The third kappa shape index (κ3) is 4.11. The molecule has 0 bridgehead atoms. The number of benzene rings is 1. The lowest BCUT2D eigenvalue weighted by Gasteiger charge is -2.44. The van der Waals surface area contributed by atoms with Crippen molar-refractivity contribution in [1.29, 1.82) is 0 Å². The molecule has 3 heterocycles. The molecule has 7 heteroatoms. The number of amides is 1. The number of carbonyl (C=O) groups excluding carboxylic acids is 1. The SMILES string of the molecule is Cc1cccc(C)c1NC(=O)CN1CC(C)N(c2ncc3ccsc3n2)C(C)C1. The van der Waals surface area contributed by atoms with Gasteiger partial charge in [0.2, 0.25) is 11.9 Å². The first-order valence-electron chi connectivity index (χ1n) is 9.99. The molecule has 3 aromatic rings. The van der Waals surface area contributed by atoms with E-state index >= 15 is 0 Å². The van der Waals surface area contributed by atoms with Gasteiger partial charge in [0.05, 0.1) is 6.54 Å². The van der Waals surface area contributed by atoms with E-state index < -0.39 is 0 Å². The van der Waals surface area contributed by atoms with Gasteiger partial charge in [0.15, 0.2) is 0 Å². The lowest BCUT2D eigenvalue weighted by atomic mass is 10.1. The number of rotatable bonds is 4. The van der Waals surface area contributed by atoms with Gasteiger partial charge in [0.25, 0.3) is 0 Å². The highest BCUT2D eigenvalue weighted by atomic mass is 32.1. The molecular formula is C22H27N5OS. The topological polar surface area (TPSA) is 61.4 Å². The summed E-state index contributed by atoms with van der Waals surface area (Å²) in [4.78, 5) is 27.5. The predicted octanol–water partition coefficient (Wildman–Crippen LogP) is 3.85. The molecule has 1 saturated heterocycles. The second-order valence-electron chi connectivity index (χ2n) is 7.97. The van der Waals surface area contributed by atoms with Crippen molar-refractivity contribution in [3.63, 3.8) is 0 Å². The summed E-state index contributed by atoms with van der Waals surface area (Å²) in [6, 6.07) is 8.56. The normalized spacial score (nSPS) is 20.2. The Balaban J connectivity index is 1.42. The first-order valence-corrected chi connectivity index (χ1v) is 10.9. The number of hydrogen-bond acceptors (Lipinski definition) is 6. The average molecular weight is 410 g/mol. The molecule has 1 aliphatic heterocycles. The van der Waals surface area contributed by atoms with Gasteiger partial charge in [-0.25, -0.2) is 9.97 Å². The second-order valence-corrected chi connectivity index (χ2v) is 8.86. The molecule has 152 valence electrons. The quantitative estimate of drug-likeness (QED) is 0.709. The molecule has 0 saturated carbocycles. The minimum atomic E-state index is 0.0338. The Bertz CT molecular complexity index is 1000. The van der Waals surface area contributed by atoms with Gasteiger partial charge in [-0.3, -0.25) is 9.69 Å². The standard InChI is InChI=1S/C22H27N5OS/c1-14-6-5-7-15(2)20(14)24-19(28)13-26-11-16(3)27(17(4)12-26)22-23-10-18-8-9-29-21(18)25-22/h5-10,16-17H,11-13H2,1-4H3,(H,24,28). The van der Waals surface area contributed by atoms with Gasteiger partial charge in [-0.15, -0.1) is 11.3 Å². The van der Waals surface area contributed by atoms with Gasteiger partial charge in [-0.05, 0) is 50.3 Å². The van der Waals surface area contributed by atoms with E-state index in [2.05, 4.69) is 33.9 Å². The van der Waals surface area contributed by atoms with E-state index in [0.29, 0.717) is 6.54 Å². The van der Waals surface area contributed by atoms with Gasteiger partial charge < -0.3 is 10.2 Å². The Kier molecular flexibility index (Phi) is 5.52. The maximum Gasteiger partial charge on any atom is 0.238 e. The van der Waals surface area contributed by atoms with E-state index in [-0.39, 0.29) is 18.0 Å². The Morgan fingerprint density at radius 2 is 1.86 bits per heavy atom. The van der Waals surface area contributed by atoms with Crippen LogP contribution in [-0.4, -0.2) is 52.5 Å². The Hall–Kier alpha value is -2.51. The van der Waals surface area contributed by atoms with E-state index in [0.717, 1.165) is 46.1 Å². The van der Waals surface area contributed by atoms with Crippen LogP contribution in [0.25, 0.3) is 10.2 Å². The number of fused-ring (bicyclic) bond motifs is 1. The number of anilines is 2. The molecule has 4 rings (SSSR count). The minimum absolute atomic E-state index is 0.0338. The zero-order chi connectivity index (χ0) is 20.5.